The number of rotatable bonds is 4. The number of esters is 1. The second kappa shape index (κ2) is 8.49. The van der Waals surface area contributed by atoms with Gasteiger partial charge in [-0.25, -0.2) is 14.6 Å². The average molecular weight is 453 g/mol. The fraction of sp³-hybridized carbons (Fsp3) is 0.364. The monoisotopic (exact) mass is 453 g/mol. The maximum Gasteiger partial charge on any atom is 0.338 e. The number of nitrogens with two attached hydrogens (primary N) is 1. The third kappa shape index (κ3) is 3.86. The number of fused-ring (bicyclic) bond motifs is 2. The van der Waals surface area contributed by atoms with Crippen molar-refractivity contribution in [2.24, 2.45) is 14.1 Å². The lowest BCUT2D eigenvalue weighted by Crippen LogP contribution is -2.42. The van der Waals surface area contributed by atoms with E-state index in [2.05, 4.69) is 4.98 Å². The number of aryl methyl sites for hydroxylation is 1. The Kier molecular flexibility index (Phi) is 5.71. The molecule has 0 aliphatic carbocycles. The minimum Gasteiger partial charge on any atom is -0.454 e. The number of benzene rings is 1. The summed E-state index contributed by atoms with van der Waals surface area (Å²) in [5.41, 5.74) is 4.14. The number of carbonyl (C=O) groups is 2. The maximum absolute atomic E-state index is 12.8. The quantitative estimate of drug-likeness (QED) is 0.433. The Labute approximate surface area is 187 Å². The minimum atomic E-state index is -0.868. The van der Waals surface area contributed by atoms with E-state index in [0.717, 1.165) is 28.4 Å². The topological polar surface area (TPSA) is 148 Å². The Morgan fingerprint density at radius 3 is 2.58 bits per heavy atom. The lowest BCUT2D eigenvalue weighted by molar-refractivity contribution is 0.0474. The van der Waals surface area contributed by atoms with Crippen LogP contribution in [0.4, 0.5) is 5.82 Å². The SMILES string of the molecule is Cn1c(N)c(C(=O)COC(=O)c2ccc3c(=O)n4c(nc3c2)CCCCC4)c(=O)n(C)c1=O. The molecule has 1 aliphatic rings. The number of nitrogen functional groups attached to an aromatic ring is 1. The van der Waals surface area contributed by atoms with Crippen LogP contribution in [0.25, 0.3) is 10.9 Å². The summed E-state index contributed by atoms with van der Waals surface area (Å²) in [5, 5.41) is 0.398. The molecule has 11 nitrogen and oxygen atoms in total. The predicted molar refractivity (Wildman–Crippen MR) is 120 cm³/mol. The third-order valence-corrected chi connectivity index (χ3v) is 5.88. The van der Waals surface area contributed by atoms with Crippen molar-refractivity contribution in [3.63, 3.8) is 0 Å². The summed E-state index contributed by atoms with van der Waals surface area (Å²) in [7, 11) is 2.55. The highest BCUT2D eigenvalue weighted by Crippen LogP contribution is 2.17. The molecule has 0 unspecified atom stereocenters. The largest absolute Gasteiger partial charge is 0.454 e. The zero-order valence-corrected chi connectivity index (χ0v) is 18.3. The second-order valence-electron chi connectivity index (χ2n) is 7.99. The first-order valence-corrected chi connectivity index (χ1v) is 10.5. The van der Waals surface area contributed by atoms with E-state index in [0.29, 0.717) is 29.7 Å². The van der Waals surface area contributed by atoms with Gasteiger partial charge < -0.3 is 10.5 Å². The van der Waals surface area contributed by atoms with Gasteiger partial charge in [-0.3, -0.25) is 28.1 Å². The average Bonchev–Trinajstić information content (AvgIpc) is 3.05. The van der Waals surface area contributed by atoms with E-state index in [9.17, 15) is 24.0 Å². The maximum atomic E-state index is 12.8. The van der Waals surface area contributed by atoms with Crippen LogP contribution >= 0.6 is 0 Å². The van der Waals surface area contributed by atoms with Crippen LogP contribution < -0.4 is 22.5 Å². The molecule has 1 aliphatic heterocycles. The number of anilines is 1. The van der Waals surface area contributed by atoms with E-state index in [1.807, 2.05) is 0 Å². The van der Waals surface area contributed by atoms with E-state index >= 15 is 0 Å². The van der Waals surface area contributed by atoms with Crippen molar-refractivity contribution in [2.75, 3.05) is 12.3 Å². The minimum absolute atomic E-state index is 0.113. The number of hydrogen-bond acceptors (Lipinski definition) is 8. The van der Waals surface area contributed by atoms with Gasteiger partial charge in [-0.05, 0) is 31.0 Å². The Hall–Kier alpha value is -4.02. The highest BCUT2D eigenvalue weighted by atomic mass is 16.5. The van der Waals surface area contributed by atoms with E-state index < -0.39 is 35.2 Å². The van der Waals surface area contributed by atoms with Gasteiger partial charge in [-0.2, -0.15) is 0 Å². The molecule has 11 heteroatoms. The van der Waals surface area contributed by atoms with Gasteiger partial charge in [0.05, 0.1) is 16.5 Å². The van der Waals surface area contributed by atoms with Crippen LogP contribution in [0.2, 0.25) is 0 Å². The number of Topliss-reactive ketones (excluding diaryl/α,β-unsaturated/α-hetero) is 1. The predicted octanol–water partition coefficient (Wildman–Crippen LogP) is 0.142. The van der Waals surface area contributed by atoms with Crippen molar-refractivity contribution in [1.82, 2.24) is 18.7 Å². The molecule has 0 saturated heterocycles. The van der Waals surface area contributed by atoms with E-state index in [1.165, 1.54) is 32.3 Å². The highest BCUT2D eigenvalue weighted by molar-refractivity contribution is 6.02. The van der Waals surface area contributed by atoms with Crippen molar-refractivity contribution >= 4 is 28.5 Å². The summed E-state index contributed by atoms with van der Waals surface area (Å²) in [4.78, 5) is 66.7. The van der Waals surface area contributed by atoms with Crippen molar-refractivity contribution < 1.29 is 14.3 Å². The van der Waals surface area contributed by atoms with Crippen molar-refractivity contribution in [3.05, 3.63) is 66.3 Å². The Balaban J connectivity index is 1.59. The molecule has 0 saturated carbocycles. The molecule has 0 fully saturated rings. The fourth-order valence-electron chi connectivity index (χ4n) is 3.95. The molecule has 2 N–H and O–H groups in total. The van der Waals surface area contributed by atoms with Crippen LogP contribution in [0.15, 0.2) is 32.6 Å². The molecule has 0 radical (unpaired) electrons. The molecule has 3 aromatic rings. The number of carbonyl (C=O) groups excluding carboxylic acids is 2. The lowest BCUT2D eigenvalue weighted by atomic mass is 10.1. The Bertz CT molecular complexity index is 1480. The molecule has 172 valence electrons. The summed E-state index contributed by atoms with van der Waals surface area (Å²) >= 11 is 0. The molecule has 2 aromatic heterocycles. The molecule has 1 aromatic carbocycles. The van der Waals surface area contributed by atoms with E-state index in [-0.39, 0.29) is 16.9 Å². The van der Waals surface area contributed by atoms with Gasteiger partial charge in [0.15, 0.2) is 6.61 Å². The molecule has 33 heavy (non-hydrogen) atoms. The summed E-state index contributed by atoms with van der Waals surface area (Å²) in [6.07, 6.45) is 3.56. The Morgan fingerprint density at radius 2 is 1.82 bits per heavy atom. The van der Waals surface area contributed by atoms with Crippen LogP contribution in [0.3, 0.4) is 0 Å². The number of hydrogen-bond donors (Lipinski definition) is 1. The van der Waals surface area contributed by atoms with Gasteiger partial charge in [0.25, 0.3) is 11.1 Å². The number of aromatic nitrogens is 4. The highest BCUT2D eigenvalue weighted by Gasteiger charge is 2.22. The summed E-state index contributed by atoms with van der Waals surface area (Å²) in [6, 6.07) is 4.40. The molecular formula is C22H23N5O6. The first-order valence-electron chi connectivity index (χ1n) is 10.5. The van der Waals surface area contributed by atoms with Crippen LogP contribution in [0.1, 0.15) is 45.8 Å². The Morgan fingerprint density at radius 1 is 1.06 bits per heavy atom. The summed E-state index contributed by atoms with van der Waals surface area (Å²) in [6.45, 7) is -0.120. The molecular weight excluding hydrogens is 430 g/mol. The first kappa shape index (κ1) is 22.2. The van der Waals surface area contributed by atoms with Crippen LogP contribution in [-0.2, 0) is 31.8 Å². The fourth-order valence-corrected chi connectivity index (χ4v) is 3.95. The number of ether oxygens (including phenoxy) is 1. The van der Waals surface area contributed by atoms with E-state index in [4.69, 9.17) is 10.5 Å². The standard InChI is InChI=1S/C22H23N5O6/c1-25-18(23)17(20(30)26(2)22(25)32)15(28)11-33-21(31)12-7-8-13-14(10-12)24-16-6-4-3-5-9-27(16)19(13)29/h7-8,10H,3-6,9,11,23H2,1-2H3. The molecule has 0 bridgehead atoms. The smallest absolute Gasteiger partial charge is 0.338 e. The van der Waals surface area contributed by atoms with Gasteiger partial charge >= 0.3 is 11.7 Å². The van der Waals surface area contributed by atoms with Crippen LogP contribution in [-0.4, -0.2) is 37.0 Å². The van der Waals surface area contributed by atoms with Crippen LogP contribution in [0, 0.1) is 0 Å². The molecule has 3 heterocycles. The van der Waals surface area contributed by atoms with Gasteiger partial charge in [-0.1, -0.05) is 6.42 Å². The molecule has 4 rings (SSSR count). The number of nitrogens with zero attached hydrogens (tertiary/aromatic N) is 4. The van der Waals surface area contributed by atoms with Crippen molar-refractivity contribution in [2.45, 2.75) is 32.2 Å². The molecule has 0 spiro atoms. The third-order valence-electron chi connectivity index (χ3n) is 5.88. The summed E-state index contributed by atoms with van der Waals surface area (Å²) < 4.78 is 8.49. The number of ketones is 1. The zero-order valence-electron chi connectivity index (χ0n) is 18.3. The second-order valence-corrected chi connectivity index (χ2v) is 7.99. The normalized spacial score (nSPS) is 13.4. The van der Waals surface area contributed by atoms with Crippen molar-refractivity contribution in [3.8, 4) is 0 Å². The van der Waals surface area contributed by atoms with Crippen LogP contribution in [0.5, 0.6) is 0 Å². The van der Waals surface area contributed by atoms with Gasteiger partial charge in [0.1, 0.15) is 17.2 Å². The zero-order chi connectivity index (χ0) is 23.9. The molecule has 0 atom stereocenters. The molecule has 0 amide bonds. The first-order chi connectivity index (χ1) is 15.7. The van der Waals surface area contributed by atoms with Gasteiger partial charge in [0, 0.05) is 27.1 Å². The summed E-state index contributed by atoms with van der Waals surface area (Å²) in [5.74, 6) is -1.27. The van der Waals surface area contributed by atoms with Gasteiger partial charge in [0.2, 0.25) is 5.78 Å². The van der Waals surface area contributed by atoms with E-state index in [1.54, 1.807) is 4.57 Å². The lowest BCUT2D eigenvalue weighted by Gasteiger charge is -2.12. The van der Waals surface area contributed by atoms with Gasteiger partial charge in [-0.15, -0.1) is 0 Å². The van der Waals surface area contributed by atoms with Crippen molar-refractivity contribution in [1.29, 1.82) is 0 Å².